The Morgan fingerprint density at radius 2 is 2.25 bits per heavy atom. The lowest BCUT2D eigenvalue weighted by Crippen LogP contribution is -2.17. The molecule has 0 amide bonds. The van der Waals surface area contributed by atoms with Crippen LogP contribution in [0.15, 0.2) is 0 Å². The molecule has 3 nitrogen and oxygen atoms in total. The molecule has 0 fully saturated rings. The number of aliphatic carboxylic acids is 1. The molecular weight excluding hydrogens is 176 g/mol. The average molecular weight is 192 g/mol. The van der Waals surface area contributed by atoms with Gasteiger partial charge in [-0.15, -0.1) is 11.8 Å². The third-order valence-corrected chi connectivity index (χ3v) is 2.83. The van der Waals surface area contributed by atoms with Crippen LogP contribution in [0.5, 0.6) is 0 Å². The lowest BCUT2D eigenvalue weighted by atomic mass is 10.4. The summed E-state index contributed by atoms with van der Waals surface area (Å²) in [6.45, 7) is 3.73. The van der Waals surface area contributed by atoms with Crippen molar-refractivity contribution in [3.05, 3.63) is 0 Å². The van der Waals surface area contributed by atoms with E-state index in [2.05, 4.69) is 6.92 Å². The Bertz CT molecular complexity index is 138. The SMILES string of the molecule is CCCC(OC)SC(C)C(=O)O. The predicted octanol–water partition coefficient (Wildman–Crippen LogP) is 1.97. The van der Waals surface area contributed by atoms with Gasteiger partial charge in [0, 0.05) is 7.11 Å². The first-order valence-corrected chi connectivity index (χ1v) is 4.97. The zero-order valence-electron chi connectivity index (χ0n) is 7.74. The third-order valence-electron chi connectivity index (χ3n) is 1.49. The van der Waals surface area contributed by atoms with Crippen LogP contribution in [0, 0.1) is 0 Å². The summed E-state index contributed by atoms with van der Waals surface area (Å²) in [5.41, 5.74) is 0.0149. The number of thioether (sulfide) groups is 1. The molecule has 0 saturated carbocycles. The van der Waals surface area contributed by atoms with Gasteiger partial charge in [-0.1, -0.05) is 13.3 Å². The smallest absolute Gasteiger partial charge is 0.316 e. The van der Waals surface area contributed by atoms with Crippen molar-refractivity contribution in [3.8, 4) is 0 Å². The molecule has 0 radical (unpaired) electrons. The van der Waals surface area contributed by atoms with Crippen LogP contribution >= 0.6 is 11.8 Å². The van der Waals surface area contributed by atoms with E-state index in [0.717, 1.165) is 12.8 Å². The van der Waals surface area contributed by atoms with Crippen LogP contribution in [0.1, 0.15) is 26.7 Å². The van der Waals surface area contributed by atoms with Gasteiger partial charge in [-0.05, 0) is 13.3 Å². The van der Waals surface area contributed by atoms with Crippen LogP contribution in [-0.2, 0) is 9.53 Å². The van der Waals surface area contributed by atoms with E-state index < -0.39 is 5.97 Å². The summed E-state index contributed by atoms with van der Waals surface area (Å²) in [6, 6.07) is 0. The zero-order valence-corrected chi connectivity index (χ0v) is 8.56. The first kappa shape index (κ1) is 11.8. The third kappa shape index (κ3) is 4.62. The second-order valence-corrected chi connectivity index (χ2v) is 4.08. The number of carboxylic acids is 1. The second kappa shape index (κ2) is 6.31. The molecular formula is C8H16O3S. The van der Waals surface area contributed by atoms with Crippen molar-refractivity contribution in [3.63, 3.8) is 0 Å². The van der Waals surface area contributed by atoms with E-state index >= 15 is 0 Å². The summed E-state index contributed by atoms with van der Waals surface area (Å²) in [5.74, 6) is -0.779. The van der Waals surface area contributed by atoms with Crippen molar-refractivity contribution >= 4 is 17.7 Å². The molecule has 1 N–H and O–H groups in total. The highest BCUT2D eigenvalue weighted by molar-refractivity contribution is 8.01. The van der Waals surface area contributed by atoms with Crippen molar-refractivity contribution in [1.82, 2.24) is 0 Å². The molecule has 0 aromatic carbocycles. The molecule has 0 aliphatic carbocycles. The lowest BCUT2D eigenvalue weighted by Gasteiger charge is -2.15. The molecule has 0 aliphatic rings. The van der Waals surface area contributed by atoms with Crippen molar-refractivity contribution in [2.75, 3.05) is 7.11 Å². The van der Waals surface area contributed by atoms with Crippen LogP contribution in [0.4, 0.5) is 0 Å². The summed E-state index contributed by atoms with van der Waals surface area (Å²) in [7, 11) is 1.61. The highest BCUT2D eigenvalue weighted by Gasteiger charge is 2.17. The Labute approximate surface area is 77.5 Å². The summed E-state index contributed by atoms with van der Waals surface area (Å²) < 4.78 is 5.11. The maximum Gasteiger partial charge on any atom is 0.316 e. The first-order chi connectivity index (χ1) is 5.61. The second-order valence-electron chi connectivity index (χ2n) is 2.57. The normalized spacial score (nSPS) is 15.6. The highest BCUT2D eigenvalue weighted by Crippen LogP contribution is 2.22. The topological polar surface area (TPSA) is 46.5 Å². The summed E-state index contributed by atoms with van der Waals surface area (Å²) in [5, 5.41) is 8.23. The van der Waals surface area contributed by atoms with Gasteiger partial charge < -0.3 is 9.84 Å². The minimum atomic E-state index is -0.779. The monoisotopic (exact) mass is 192 g/mol. The lowest BCUT2D eigenvalue weighted by molar-refractivity contribution is -0.136. The number of carbonyl (C=O) groups is 1. The first-order valence-electron chi connectivity index (χ1n) is 4.02. The fraction of sp³-hybridized carbons (Fsp3) is 0.875. The Hall–Kier alpha value is -0.220. The predicted molar refractivity (Wildman–Crippen MR) is 50.4 cm³/mol. The van der Waals surface area contributed by atoms with E-state index in [1.165, 1.54) is 11.8 Å². The summed E-state index contributed by atoms with van der Waals surface area (Å²) in [6.07, 6.45) is 1.91. The molecule has 2 unspecified atom stereocenters. The van der Waals surface area contributed by atoms with Crippen LogP contribution in [0.3, 0.4) is 0 Å². The van der Waals surface area contributed by atoms with Gasteiger partial charge in [0.1, 0.15) is 10.7 Å². The van der Waals surface area contributed by atoms with E-state index in [1.54, 1.807) is 14.0 Å². The quantitative estimate of drug-likeness (QED) is 0.653. The molecule has 0 aromatic heterocycles. The molecule has 0 saturated heterocycles. The van der Waals surface area contributed by atoms with Crippen LogP contribution in [0.25, 0.3) is 0 Å². The number of carboxylic acid groups (broad SMARTS) is 1. The number of methoxy groups -OCH3 is 1. The molecule has 0 aromatic rings. The fourth-order valence-corrected chi connectivity index (χ4v) is 1.82. The molecule has 0 rings (SSSR count). The van der Waals surface area contributed by atoms with Gasteiger partial charge in [0.05, 0.1) is 0 Å². The van der Waals surface area contributed by atoms with Gasteiger partial charge in [-0.25, -0.2) is 0 Å². The van der Waals surface area contributed by atoms with Crippen molar-refractivity contribution in [2.24, 2.45) is 0 Å². The molecule has 0 heterocycles. The molecule has 0 spiro atoms. The van der Waals surface area contributed by atoms with Gasteiger partial charge in [0.15, 0.2) is 0 Å². The fourth-order valence-electron chi connectivity index (χ4n) is 0.763. The maximum atomic E-state index is 10.5. The van der Waals surface area contributed by atoms with E-state index in [4.69, 9.17) is 9.84 Å². The maximum absolute atomic E-state index is 10.5. The molecule has 2 atom stereocenters. The van der Waals surface area contributed by atoms with Crippen LogP contribution in [-0.4, -0.2) is 28.9 Å². The molecule has 0 aliphatic heterocycles. The number of rotatable bonds is 6. The number of ether oxygens (including phenoxy) is 1. The van der Waals surface area contributed by atoms with E-state index in [9.17, 15) is 4.79 Å². The van der Waals surface area contributed by atoms with E-state index in [1.807, 2.05) is 0 Å². The minimum absolute atomic E-state index is 0.0149. The Morgan fingerprint density at radius 1 is 1.67 bits per heavy atom. The Kier molecular flexibility index (Phi) is 6.20. The molecule has 0 bridgehead atoms. The van der Waals surface area contributed by atoms with E-state index in [0.29, 0.717) is 0 Å². The summed E-state index contributed by atoms with van der Waals surface area (Å²) in [4.78, 5) is 10.5. The van der Waals surface area contributed by atoms with E-state index in [-0.39, 0.29) is 10.7 Å². The Morgan fingerprint density at radius 3 is 2.58 bits per heavy atom. The zero-order chi connectivity index (χ0) is 9.56. The van der Waals surface area contributed by atoms with Crippen LogP contribution in [0.2, 0.25) is 0 Å². The highest BCUT2D eigenvalue weighted by atomic mass is 32.2. The average Bonchev–Trinajstić information content (AvgIpc) is 2.03. The Balaban J connectivity index is 3.76. The molecule has 4 heteroatoms. The standard InChI is InChI=1S/C8H16O3S/c1-4-5-7(11-3)12-6(2)8(9)10/h6-7H,4-5H2,1-3H3,(H,9,10). The van der Waals surface area contributed by atoms with Gasteiger partial charge in [0.25, 0.3) is 0 Å². The number of hydrogen-bond acceptors (Lipinski definition) is 3. The summed E-state index contributed by atoms with van der Waals surface area (Å²) >= 11 is 1.36. The molecule has 72 valence electrons. The number of hydrogen-bond donors (Lipinski definition) is 1. The largest absolute Gasteiger partial charge is 0.480 e. The molecule has 12 heavy (non-hydrogen) atoms. The van der Waals surface area contributed by atoms with Crippen molar-refractivity contribution in [1.29, 1.82) is 0 Å². The van der Waals surface area contributed by atoms with Gasteiger partial charge in [0.2, 0.25) is 0 Å². The minimum Gasteiger partial charge on any atom is -0.480 e. The van der Waals surface area contributed by atoms with Crippen LogP contribution < -0.4 is 0 Å². The van der Waals surface area contributed by atoms with Crippen molar-refractivity contribution in [2.45, 2.75) is 37.4 Å². The van der Waals surface area contributed by atoms with Gasteiger partial charge in [-0.3, -0.25) is 4.79 Å². The van der Waals surface area contributed by atoms with Gasteiger partial charge >= 0.3 is 5.97 Å². The van der Waals surface area contributed by atoms with Crippen molar-refractivity contribution < 1.29 is 14.6 Å². The van der Waals surface area contributed by atoms with Gasteiger partial charge in [-0.2, -0.15) is 0 Å².